The molecular weight excluding hydrogens is 344 g/mol. The molecule has 1 N–H and O–H groups in total. The highest BCUT2D eigenvalue weighted by atomic mass is 79.9. The summed E-state index contributed by atoms with van der Waals surface area (Å²) in [6.45, 7) is 2.06. The van der Waals surface area contributed by atoms with Gasteiger partial charge >= 0.3 is 0 Å². The van der Waals surface area contributed by atoms with E-state index >= 15 is 0 Å². The average Bonchev–Trinajstić information content (AvgIpc) is 2.68. The van der Waals surface area contributed by atoms with E-state index in [2.05, 4.69) is 45.3 Å². The first-order chi connectivity index (χ1) is 9.10. The van der Waals surface area contributed by atoms with E-state index in [-0.39, 0.29) is 0 Å². The summed E-state index contributed by atoms with van der Waals surface area (Å²) in [6.07, 6.45) is 0. The van der Waals surface area contributed by atoms with Gasteiger partial charge in [-0.15, -0.1) is 0 Å². The van der Waals surface area contributed by atoms with Crippen LogP contribution in [0.4, 0.5) is 10.8 Å². The minimum Gasteiger partial charge on any atom is -0.331 e. The number of hydrogen-bond acceptors (Lipinski definition) is 3. The van der Waals surface area contributed by atoms with Crippen LogP contribution in [0.15, 0.2) is 40.9 Å². The number of thiazole rings is 1. The number of fused-ring (bicyclic) bond motifs is 1. The zero-order chi connectivity index (χ0) is 13.4. The van der Waals surface area contributed by atoms with Crippen molar-refractivity contribution in [2.24, 2.45) is 0 Å². The normalized spacial score (nSPS) is 10.9. The molecular formula is C14H10BrClN2S. The van der Waals surface area contributed by atoms with Crippen LogP contribution in [0.25, 0.3) is 10.2 Å². The molecule has 3 rings (SSSR count). The van der Waals surface area contributed by atoms with Gasteiger partial charge in [-0.1, -0.05) is 38.9 Å². The maximum absolute atomic E-state index is 5.98. The van der Waals surface area contributed by atoms with Crippen molar-refractivity contribution in [3.63, 3.8) is 0 Å². The molecule has 1 heterocycles. The van der Waals surface area contributed by atoms with Gasteiger partial charge in [-0.05, 0) is 48.9 Å². The predicted octanol–water partition coefficient (Wildman–Crippen LogP) is 5.76. The van der Waals surface area contributed by atoms with Gasteiger partial charge in [0.25, 0.3) is 0 Å². The lowest BCUT2D eigenvalue weighted by molar-refractivity contribution is 1.40. The third kappa shape index (κ3) is 2.91. The van der Waals surface area contributed by atoms with Crippen LogP contribution < -0.4 is 5.32 Å². The van der Waals surface area contributed by atoms with E-state index < -0.39 is 0 Å². The van der Waals surface area contributed by atoms with Gasteiger partial charge in [-0.25, -0.2) is 4.98 Å². The molecule has 0 saturated heterocycles. The van der Waals surface area contributed by atoms with Gasteiger partial charge in [0.15, 0.2) is 5.13 Å². The molecule has 2 nitrogen and oxygen atoms in total. The van der Waals surface area contributed by atoms with Gasteiger partial charge in [-0.2, -0.15) is 0 Å². The van der Waals surface area contributed by atoms with Gasteiger partial charge in [0.1, 0.15) is 0 Å². The van der Waals surface area contributed by atoms with Crippen molar-refractivity contribution in [2.45, 2.75) is 6.92 Å². The van der Waals surface area contributed by atoms with Crippen molar-refractivity contribution < 1.29 is 0 Å². The molecule has 0 unspecified atom stereocenters. The summed E-state index contributed by atoms with van der Waals surface area (Å²) in [5.41, 5.74) is 3.18. The molecule has 0 atom stereocenters. The van der Waals surface area contributed by atoms with Gasteiger partial charge in [0.05, 0.1) is 10.2 Å². The molecule has 3 aromatic rings. The van der Waals surface area contributed by atoms with Crippen molar-refractivity contribution in [3.05, 3.63) is 51.5 Å². The Morgan fingerprint density at radius 1 is 1.21 bits per heavy atom. The molecule has 2 aromatic carbocycles. The number of hydrogen-bond donors (Lipinski definition) is 1. The van der Waals surface area contributed by atoms with Crippen LogP contribution in [-0.2, 0) is 0 Å². The Morgan fingerprint density at radius 3 is 2.84 bits per heavy atom. The molecule has 5 heteroatoms. The second kappa shape index (κ2) is 5.12. The van der Waals surface area contributed by atoms with Crippen LogP contribution in [0.5, 0.6) is 0 Å². The Kier molecular flexibility index (Phi) is 3.48. The third-order valence-corrected chi connectivity index (χ3v) is 4.27. The highest BCUT2D eigenvalue weighted by molar-refractivity contribution is 9.10. The van der Waals surface area contributed by atoms with Crippen LogP contribution in [0, 0.1) is 6.92 Å². The van der Waals surface area contributed by atoms with E-state index in [0.717, 1.165) is 30.5 Å². The molecule has 0 spiro atoms. The summed E-state index contributed by atoms with van der Waals surface area (Å²) in [6, 6.07) is 11.9. The molecule has 0 aliphatic rings. The van der Waals surface area contributed by atoms with Crippen LogP contribution in [0.1, 0.15) is 5.56 Å². The minimum absolute atomic E-state index is 0.737. The maximum Gasteiger partial charge on any atom is 0.188 e. The summed E-state index contributed by atoms with van der Waals surface area (Å²) >= 11 is 11.1. The first kappa shape index (κ1) is 12.9. The van der Waals surface area contributed by atoms with Gasteiger partial charge in [0, 0.05) is 15.2 Å². The molecule has 19 heavy (non-hydrogen) atoms. The van der Waals surface area contributed by atoms with E-state index in [9.17, 15) is 0 Å². The lowest BCUT2D eigenvalue weighted by Crippen LogP contribution is -1.89. The van der Waals surface area contributed by atoms with Crippen LogP contribution in [-0.4, -0.2) is 4.98 Å². The first-order valence-corrected chi connectivity index (χ1v) is 7.69. The molecule has 1 aromatic heterocycles. The van der Waals surface area contributed by atoms with Crippen molar-refractivity contribution in [1.29, 1.82) is 0 Å². The lowest BCUT2D eigenvalue weighted by atomic mass is 10.2. The summed E-state index contributed by atoms with van der Waals surface area (Å²) in [7, 11) is 0. The smallest absolute Gasteiger partial charge is 0.188 e. The second-order valence-electron chi connectivity index (χ2n) is 4.27. The quantitative estimate of drug-likeness (QED) is 0.633. The van der Waals surface area contributed by atoms with Crippen molar-refractivity contribution >= 4 is 59.9 Å². The lowest BCUT2D eigenvalue weighted by Gasteiger charge is -2.04. The Labute approximate surface area is 128 Å². The Balaban J connectivity index is 1.96. The number of aromatic nitrogens is 1. The highest BCUT2D eigenvalue weighted by Crippen LogP contribution is 2.31. The monoisotopic (exact) mass is 352 g/mol. The molecule has 0 fully saturated rings. The molecule has 0 aliphatic heterocycles. The van der Waals surface area contributed by atoms with Crippen LogP contribution in [0.2, 0.25) is 5.02 Å². The number of nitrogens with zero attached hydrogens (tertiary/aromatic N) is 1. The van der Waals surface area contributed by atoms with Gasteiger partial charge < -0.3 is 5.32 Å². The average molecular weight is 354 g/mol. The van der Waals surface area contributed by atoms with E-state index in [1.54, 1.807) is 11.3 Å². The van der Waals surface area contributed by atoms with Gasteiger partial charge in [0.2, 0.25) is 0 Å². The summed E-state index contributed by atoms with van der Waals surface area (Å²) in [5, 5.41) is 4.94. The molecule has 0 radical (unpaired) electrons. The summed E-state index contributed by atoms with van der Waals surface area (Å²) in [5.74, 6) is 0. The molecule has 0 aliphatic carbocycles. The van der Waals surface area contributed by atoms with Crippen molar-refractivity contribution in [3.8, 4) is 0 Å². The number of anilines is 2. The minimum atomic E-state index is 0.737. The van der Waals surface area contributed by atoms with E-state index in [4.69, 9.17) is 11.6 Å². The van der Waals surface area contributed by atoms with E-state index in [0.29, 0.717) is 0 Å². The SMILES string of the molecule is Cc1cc(Br)cc(Nc2nc3ccc(Cl)cc3s2)c1. The number of halogens is 2. The van der Waals surface area contributed by atoms with Crippen molar-refractivity contribution in [2.75, 3.05) is 5.32 Å². The zero-order valence-corrected chi connectivity index (χ0v) is 13.2. The molecule has 0 amide bonds. The predicted molar refractivity (Wildman–Crippen MR) is 86.8 cm³/mol. The molecule has 0 bridgehead atoms. The van der Waals surface area contributed by atoms with Crippen molar-refractivity contribution in [1.82, 2.24) is 4.98 Å². The largest absolute Gasteiger partial charge is 0.331 e. The number of aryl methyl sites for hydroxylation is 1. The van der Waals surface area contributed by atoms with E-state index in [1.165, 1.54) is 5.56 Å². The number of rotatable bonds is 2. The number of nitrogens with one attached hydrogen (secondary N) is 1. The fourth-order valence-electron chi connectivity index (χ4n) is 1.88. The first-order valence-electron chi connectivity index (χ1n) is 5.70. The Morgan fingerprint density at radius 2 is 2.05 bits per heavy atom. The topological polar surface area (TPSA) is 24.9 Å². The fraction of sp³-hybridized carbons (Fsp3) is 0.0714. The Bertz CT molecular complexity index is 734. The maximum atomic E-state index is 5.98. The third-order valence-electron chi connectivity index (χ3n) is 2.64. The van der Waals surface area contributed by atoms with Gasteiger partial charge in [-0.3, -0.25) is 0 Å². The molecule has 96 valence electrons. The zero-order valence-electron chi connectivity index (χ0n) is 10.1. The second-order valence-corrected chi connectivity index (χ2v) is 6.66. The van der Waals surface area contributed by atoms with Crippen LogP contribution >= 0.6 is 38.9 Å². The highest BCUT2D eigenvalue weighted by Gasteiger charge is 2.05. The number of benzene rings is 2. The summed E-state index contributed by atoms with van der Waals surface area (Å²) < 4.78 is 2.14. The molecule has 0 saturated carbocycles. The standard InChI is InChI=1S/C14H10BrClN2S/c1-8-4-9(15)6-11(5-8)17-14-18-12-3-2-10(16)7-13(12)19-14/h2-7H,1H3,(H,17,18). The summed E-state index contributed by atoms with van der Waals surface area (Å²) in [4.78, 5) is 4.54. The van der Waals surface area contributed by atoms with E-state index in [1.807, 2.05) is 24.3 Å². The Hall–Kier alpha value is -1.10. The fourth-order valence-corrected chi connectivity index (χ4v) is 3.65. The van der Waals surface area contributed by atoms with Crippen LogP contribution in [0.3, 0.4) is 0 Å².